The van der Waals surface area contributed by atoms with E-state index in [4.69, 9.17) is 10.6 Å². The van der Waals surface area contributed by atoms with E-state index in [1.807, 2.05) is 18.2 Å². The second-order valence-electron chi connectivity index (χ2n) is 3.83. The number of benzene rings is 1. The summed E-state index contributed by atoms with van der Waals surface area (Å²) >= 11 is 0. The van der Waals surface area contributed by atoms with E-state index in [9.17, 15) is 0 Å². The summed E-state index contributed by atoms with van der Waals surface area (Å²) in [4.78, 5) is 0. The fourth-order valence-electron chi connectivity index (χ4n) is 1.74. The molecule has 0 aliphatic rings. The first-order chi connectivity index (χ1) is 7.72. The predicted molar refractivity (Wildman–Crippen MR) is 67.2 cm³/mol. The van der Waals surface area contributed by atoms with Gasteiger partial charge in [-0.3, -0.25) is 11.3 Å². The fraction of sp³-hybridized carbons (Fsp3) is 0.385. The predicted octanol–water partition coefficient (Wildman–Crippen LogP) is 2.47. The maximum atomic E-state index is 5.58. The standard InChI is InChI=1S/C13H20N2O/c1-4-5-6-12(15-14)11-9-10(2)7-8-13(11)16-3/h4,7-9,12,15H,1,5-6,14H2,2-3H3. The average molecular weight is 220 g/mol. The number of nitrogens with one attached hydrogen (secondary N) is 1. The number of methoxy groups -OCH3 is 1. The number of hydrogen-bond donors (Lipinski definition) is 2. The number of ether oxygens (including phenoxy) is 1. The Kier molecular flexibility index (Phi) is 5.02. The van der Waals surface area contributed by atoms with E-state index in [1.165, 1.54) is 5.56 Å². The van der Waals surface area contributed by atoms with Gasteiger partial charge in [-0.1, -0.05) is 23.8 Å². The Balaban J connectivity index is 2.96. The van der Waals surface area contributed by atoms with Crippen LogP contribution in [0.15, 0.2) is 30.9 Å². The lowest BCUT2D eigenvalue weighted by molar-refractivity contribution is 0.396. The molecule has 0 radical (unpaired) electrons. The van der Waals surface area contributed by atoms with Crippen molar-refractivity contribution in [3.63, 3.8) is 0 Å². The monoisotopic (exact) mass is 220 g/mol. The molecule has 1 aromatic carbocycles. The molecule has 0 saturated heterocycles. The van der Waals surface area contributed by atoms with Gasteiger partial charge < -0.3 is 4.74 Å². The molecule has 16 heavy (non-hydrogen) atoms. The third-order valence-electron chi connectivity index (χ3n) is 2.62. The van der Waals surface area contributed by atoms with Gasteiger partial charge in [-0.15, -0.1) is 6.58 Å². The van der Waals surface area contributed by atoms with Crippen molar-refractivity contribution in [1.82, 2.24) is 5.43 Å². The van der Waals surface area contributed by atoms with Crippen molar-refractivity contribution in [2.24, 2.45) is 5.84 Å². The van der Waals surface area contributed by atoms with Crippen LogP contribution in [-0.2, 0) is 0 Å². The maximum Gasteiger partial charge on any atom is 0.123 e. The molecule has 0 aliphatic heterocycles. The first kappa shape index (κ1) is 12.7. The smallest absolute Gasteiger partial charge is 0.123 e. The van der Waals surface area contributed by atoms with Crippen LogP contribution in [0.25, 0.3) is 0 Å². The Hall–Kier alpha value is -1.32. The van der Waals surface area contributed by atoms with Gasteiger partial charge in [-0.05, 0) is 25.8 Å². The van der Waals surface area contributed by atoms with Crippen molar-refractivity contribution in [3.8, 4) is 5.75 Å². The molecule has 3 N–H and O–H groups in total. The molecule has 88 valence electrons. The van der Waals surface area contributed by atoms with Gasteiger partial charge in [0, 0.05) is 11.6 Å². The molecular weight excluding hydrogens is 200 g/mol. The van der Waals surface area contributed by atoms with Crippen molar-refractivity contribution in [3.05, 3.63) is 42.0 Å². The van der Waals surface area contributed by atoms with E-state index in [2.05, 4.69) is 25.0 Å². The van der Waals surface area contributed by atoms with Gasteiger partial charge in [0.05, 0.1) is 7.11 Å². The lowest BCUT2D eigenvalue weighted by Crippen LogP contribution is -2.28. The summed E-state index contributed by atoms with van der Waals surface area (Å²) < 4.78 is 5.34. The largest absolute Gasteiger partial charge is 0.496 e. The molecule has 1 rings (SSSR count). The van der Waals surface area contributed by atoms with Gasteiger partial charge in [0.15, 0.2) is 0 Å². The first-order valence-corrected chi connectivity index (χ1v) is 5.44. The Morgan fingerprint density at radius 1 is 1.56 bits per heavy atom. The third-order valence-corrected chi connectivity index (χ3v) is 2.62. The van der Waals surface area contributed by atoms with E-state index < -0.39 is 0 Å². The molecule has 0 amide bonds. The molecule has 0 bridgehead atoms. The first-order valence-electron chi connectivity index (χ1n) is 5.44. The molecule has 1 unspecified atom stereocenters. The van der Waals surface area contributed by atoms with Crippen molar-refractivity contribution in [1.29, 1.82) is 0 Å². The van der Waals surface area contributed by atoms with E-state index >= 15 is 0 Å². The topological polar surface area (TPSA) is 47.3 Å². The molecule has 0 heterocycles. The highest BCUT2D eigenvalue weighted by Gasteiger charge is 2.13. The second kappa shape index (κ2) is 6.30. The number of nitrogens with two attached hydrogens (primary N) is 1. The molecule has 1 aromatic rings. The number of rotatable bonds is 6. The van der Waals surface area contributed by atoms with Gasteiger partial charge in [-0.2, -0.15) is 0 Å². The Morgan fingerprint density at radius 3 is 2.88 bits per heavy atom. The van der Waals surface area contributed by atoms with Crippen LogP contribution in [0.5, 0.6) is 5.75 Å². The van der Waals surface area contributed by atoms with Crippen LogP contribution >= 0.6 is 0 Å². The zero-order valence-corrected chi connectivity index (χ0v) is 9.99. The lowest BCUT2D eigenvalue weighted by Gasteiger charge is -2.19. The van der Waals surface area contributed by atoms with E-state index in [-0.39, 0.29) is 6.04 Å². The third kappa shape index (κ3) is 3.08. The Morgan fingerprint density at radius 2 is 2.31 bits per heavy atom. The zero-order chi connectivity index (χ0) is 12.0. The highest BCUT2D eigenvalue weighted by atomic mass is 16.5. The fourth-order valence-corrected chi connectivity index (χ4v) is 1.74. The zero-order valence-electron chi connectivity index (χ0n) is 9.99. The summed E-state index contributed by atoms with van der Waals surface area (Å²) in [7, 11) is 1.68. The summed E-state index contributed by atoms with van der Waals surface area (Å²) in [5.74, 6) is 6.45. The molecule has 0 saturated carbocycles. The van der Waals surface area contributed by atoms with Crippen molar-refractivity contribution in [2.75, 3.05) is 7.11 Å². The van der Waals surface area contributed by atoms with Gasteiger partial charge >= 0.3 is 0 Å². The highest BCUT2D eigenvalue weighted by Crippen LogP contribution is 2.28. The van der Waals surface area contributed by atoms with Gasteiger partial charge in [-0.25, -0.2) is 0 Å². The Bertz CT molecular complexity index is 350. The van der Waals surface area contributed by atoms with Crippen LogP contribution < -0.4 is 16.0 Å². The number of hydrogen-bond acceptors (Lipinski definition) is 3. The van der Waals surface area contributed by atoms with Crippen LogP contribution in [0.3, 0.4) is 0 Å². The molecule has 3 nitrogen and oxygen atoms in total. The minimum absolute atomic E-state index is 0.104. The average Bonchev–Trinajstić information content (AvgIpc) is 2.30. The Labute approximate surface area is 97.3 Å². The molecular formula is C13H20N2O. The molecule has 0 aromatic heterocycles. The van der Waals surface area contributed by atoms with Crippen LogP contribution in [-0.4, -0.2) is 7.11 Å². The van der Waals surface area contributed by atoms with Crippen LogP contribution in [0, 0.1) is 6.92 Å². The van der Waals surface area contributed by atoms with Crippen molar-refractivity contribution >= 4 is 0 Å². The van der Waals surface area contributed by atoms with E-state index in [1.54, 1.807) is 7.11 Å². The molecule has 0 aliphatic carbocycles. The summed E-state index contributed by atoms with van der Waals surface area (Å²) in [6.45, 7) is 5.78. The summed E-state index contributed by atoms with van der Waals surface area (Å²) in [6, 6.07) is 6.21. The normalized spacial score (nSPS) is 12.2. The SMILES string of the molecule is C=CCCC(NN)c1cc(C)ccc1OC. The van der Waals surface area contributed by atoms with Crippen LogP contribution in [0.4, 0.5) is 0 Å². The number of hydrazine groups is 1. The van der Waals surface area contributed by atoms with Gasteiger partial charge in [0.25, 0.3) is 0 Å². The van der Waals surface area contributed by atoms with Gasteiger partial charge in [0.2, 0.25) is 0 Å². The van der Waals surface area contributed by atoms with Crippen LogP contribution in [0.2, 0.25) is 0 Å². The van der Waals surface area contributed by atoms with Gasteiger partial charge in [0.1, 0.15) is 5.75 Å². The van der Waals surface area contributed by atoms with E-state index in [0.29, 0.717) is 0 Å². The lowest BCUT2D eigenvalue weighted by atomic mass is 9.99. The highest BCUT2D eigenvalue weighted by molar-refractivity contribution is 5.39. The minimum Gasteiger partial charge on any atom is -0.496 e. The molecule has 1 atom stereocenters. The molecule has 0 fully saturated rings. The second-order valence-corrected chi connectivity index (χ2v) is 3.83. The number of aryl methyl sites for hydroxylation is 1. The summed E-state index contributed by atoms with van der Waals surface area (Å²) in [5, 5.41) is 0. The summed E-state index contributed by atoms with van der Waals surface area (Å²) in [6.07, 6.45) is 3.73. The maximum absolute atomic E-state index is 5.58. The molecule has 0 spiro atoms. The molecule has 3 heteroatoms. The summed E-state index contributed by atoms with van der Waals surface area (Å²) in [5.41, 5.74) is 5.13. The van der Waals surface area contributed by atoms with Crippen molar-refractivity contribution < 1.29 is 4.74 Å². The van der Waals surface area contributed by atoms with E-state index in [0.717, 1.165) is 24.2 Å². The quantitative estimate of drug-likeness (QED) is 0.440. The van der Waals surface area contributed by atoms with Crippen molar-refractivity contribution in [2.45, 2.75) is 25.8 Å². The minimum atomic E-state index is 0.104. The number of allylic oxidation sites excluding steroid dienone is 1. The van der Waals surface area contributed by atoms with Crippen LogP contribution in [0.1, 0.15) is 30.0 Å².